The number of aromatic nitrogens is 2. The number of nitrogens with zero attached hydrogens (tertiary/aromatic N) is 2. The normalized spacial score (nSPS) is 10.6. The Morgan fingerprint density at radius 3 is 2.65 bits per heavy atom. The second-order valence-electron chi connectivity index (χ2n) is 3.88. The molecule has 0 radical (unpaired) electrons. The minimum atomic E-state index is 0.306. The van der Waals surface area contributed by atoms with Gasteiger partial charge >= 0.3 is 0 Å². The zero-order chi connectivity index (χ0) is 14.5. The molecule has 2 aromatic rings. The van der Waals surface area contributed by atoms with Gasteiger partial charge in [0.15, 0.2) is 5.82 Å². The zero-order valence-corrected chi connectivity index (χ0v) is 12.9. The fraction of sp³-hybridized carbons (Fsp3) is 0.231. The molecule has 0 saturated carbocycles. The minimum Gasteiger partial charge on any atom is -0.374 e. The molecule has 0 amide bonds. The lowest BCUT2D eigenvalue weighted by molar-refractivity contribution is 0.128. The Bertz CT molecular complexity index is 607. The quantitative estimate of drug-likeness (QED) is 0.805. The van der Waals surface area contributed by atoms with Crippen molar-refractivity contribution in [2.45, 2.75) is 13.5 Å². The number of anilines is 2. The van der Waals surface area contributed by atoms with Crippen LogP contribution in [0.2, 0.25) is 15.2 Å². The van der Waals surface area contributed by atoms with Crippen LogP contribution >= 0.6 is 34.8 Å². The van der Waals surface area contributed by atoms with E-state index >= 15 is 0 Å². The molecule has 0 fully saturated rings. The van der Waals surface area contributed by atoms with Gasteiger partial charge in [-0.05, 0) is 25.1 Å². The SMILES string of the molecule is CCOCc1nc(Cl)cc(Nc2ccc(Cl)cc2Cl)n1. The van der Waals surface area contributed by atoms with Gasteiger partial charge in [-0.3, -0.25) is 0 Å². The molecule has 1 aromatic carbocycles. The highest BCUT2D eigenvalue weighted by molar-refractivity contribution is 6.36. The van der Waals surface area contributed by atoms with Crippen molar-refractivity contribution < 1.29 is 4.74 Å². The van der Waals surface area contributed by atoms with Gasteiger partial charge in [0.05, 0.1) is 10.7 Å². The van der Waals surface area contributed by atoms with Crippen molar-refractivity contribution in [3.63, 3.8) is 0 Å². The van der Waals surface area contributed by atoms with Crippen molar-refractivity contribution in [3.8, 4) is 0 Å². The third-order valence-corrected chi connectivity index (χ3v) is 3.11. The molecule has 106 valence electrons. The molecule has 0 atom stereocenters. The first-order valence-electron chi connectivity index (χ1n) is 5.91. The third-order valence-electron chi connectivity index (χ3n) is 2.37. The highest BCUT2D eigenvalue weighted by Gasteiger charge is 2.06. The maximum Gasteiger partial charge on any atom is 0.158 e. The maximum absolute atomic E-state index is 6.09. The van der Waals surface area contributed by atoms with Crippen LogP contribution in [0.4, 0.5) is 11.5 Å². The van der Waals surface area contributed by atoms with E-state index in [2.05, 4.69) is 15.3 Å². The number of hydrogen-bond acceptors (Lipinski definition) is 4. The number of rotatable bonds is 5. The van der Waals surface area contributed by atoms with Gasteiger partial charge < -0.3 is 10.1 Å². The van der Waals surface area contributed by atoms with E-state index in [1.54, 1.807) is 24.3 Å². The van der Waals surface area contributed by atoms with Crippen LogP contribution in [-0.4, -0.2) is 16.6 Å². The molecule has 1 aromatic heterocycles. The van der Waals surface area contributed by atoms with Crippen LogP contribution in [0, 0.1) is 0 Å². The van der Waals surface area contributed by atoms with Crippen LogP contribution in [0.1, 0.15) is 12.7 Å². The van der Waals surface area contributed by atoms with Crippen LogP contribution < -0.4 is 5.32 Å². The molecule has 0 aliphatic carbocycles. The van der Waals surface area contributed by atoms with Gasteiger partial charge in [-0.15, -0.1) is 0 Å². The first-order valence-corrected chi connectivity index (χ1v) is 7.05. The largest absolute Gasteiger partial charge is 0.374 e. The fourth-order valence-corrected chi connectivity index (χ4v) is 2.17. The monoisotopic (exact) mass is 331 g/mol. The van der Waals surface area contributed by atoms with E-state index in [9.17, 15) is 0 Å². The Kier molecular flexibility index (Phi) is 5.43. The van der Waals surface area contributed by atoms with Crippen molar-refractivity contribution in [2.75, 3.05) is 11.9 Å². The molecule has 20 heavy (non-hydrogen) atoms. The summed E-state index contributed by atoms with van der Waals surface area (Å²) in [6.07, 6.45) is 0. The van der Waals surface area contributed by atoms with Gasteiger partial charge in [0.1, 0.15) is 17.6 Å². The second-order valence-corrected chi connectivity index (χ2v) is 5.11. The van der Waals surface area contributed by atoms with E-state index in [0.717, 1.165) is 0 Å². The van der Waals surface area contributed by atoms with Crippen LogP contribution in [0.5, 0.6) is 0 Å². The van der Waals surface area contributed by atoms with Crippen molar-refractivity contribution in [3.05, 3.63) is 45.3 Å². The van der Waals surface area contributed by atoms with Gasteiger partial charge in [-0.1, -0.05) is 34.8 Å². The van der Waals surface area contributed by atoms with Gasteiger partial charge in [-0.25, -0.2) is 9.97 Å². The van der Waals surface area contributed by atoms with Crippen molar-refractivity contribution in [1.29, 1.82) is 0 Å². The Morgan fingerprint density at radius 1 is 1.15 bits per heavy atom. The van der Waals surface area contributed by atoms with Crippen LogP contribution in [0.25, 0.3) is 0 Å². The number of halogens is 3. The fourth-order valence-electron chi connectivity index (χ4n) is 1.52. The van der Waals surface area contributed by atoms with E-state index in [1.807, 2.05) is 6.92 Å². The lowest BCUT2D eigenvalue weighted by Gasteiger charge is -2.09. The lowest BCUT2D eigenvalue weighted by atomic mass is 10.3. The Labute approximate surface area is 132 Å². The molecule has 0 aliphatic rings. The molecule has 2 rings (SSSR count). The van der Waals surface area contributed by atoms with Gasteiger partial charge in [-0.2, -0.15) is 0 Å². The summed E-state index contributed by atoms with van der Waals surface area (Å²) in [7, 11) is 0. The number of hydrogen-bond donors (Lipinski definition) is 1. The zero-order valence-electron chi connectivity index (χ0n) is 10.7. The Hall–Kier alpha value is -1.07. The molecule has 0 unspecified atom stereocenters. The molecule has 7 heteroatoms. The molecular weight excluding hydrogens is 321 g/mol. The van der Waals surface area contributed by atoms with Crippen LogP contribution in [-0.2, 0) is 11.3 Å². The molecule has 0 saturated heterocycles. The third kappa shape index (κ3) is 4.21. The van der Waals surface area contributed by atoms with E-state index in [0.29, 0.717) is 45.7 Å². The number of nitrogens with one attached hydrogen (secondary N) is 1. The standard InChI is InChI=1S/C13H12Cl3N3O/c1-2-20-7-13-18-11(16)6-12(19-13)17-10-4-3-8(14)5-9(10)15/h3-6H,2,7H2,1H3,(H,17,18,19). The predicted octanol–water partition coefficient (Wildman–Crippen LogP) is 4.72. The highest BCUT2D eigenvalue weighted by Crippen LogP contribution is 2.28. The van der Waals surface area contributed by atoms with Gasteiger partial charge in [0, 0.05) is 17.7 Å². The first-order chi connectivity index (χ1) is 9.58. The number of benzene rings is 1. The predicted molar refractivity (Wildman–Crippen MR) is 82.1 cm³/mol. The highest BCUT2D eigenvalue weighted by atomic mass is 35.5. The van der Waals surface area contributed by atoms with Gasteiger partial charge in [0.2, 0.25) is 0 Å². The average molecular weight is 333 g/mol. The van der Waals surface area contributed by atoms with Crippen molar-refractivity contribution in [1.82, 2.24) is 9.97 Å². The van der Waals surface area contributed by atoms with Crippen LogP contribution in [0.3, 0.4) is 0 Å². The summed E-state index contributed by atoms with van der Waals surface area (Å²) in [5.74, 6) is 1.05. The molecule has 0 bridgehead atoms. The Balaban J connectivity index is 2.21. The van der Waals surface area contributed by atoms with Crippen molar-refractivity contribution >= 4 is 46.3 Å². The lowest BCUT2D eigenvalue weighted by Crippen LogP contribution is -2.03. The summed E-state index contributed by atoms with van der Waals surface area (Å²) >= 11 is 17.9. The average Bonchev–Trinajstić information content (AvgIpc) is 2.39. The summed E-state index contributed by atoms with van der Waals surface area (Å²) in [6.45, 7) is 2.79. The minimum absolute atomic E-state index is 0.306. The summed E-state index contributed by atoms with van der Waals surface area (Å²) in [5.41, 5.74) is 0.688. The first kappa shape index (κ1) is 15.3. The summed E-state index contributed by atoms with van der Waals surface area (Å²) in [5, 5.41) is 4.48. The van der Waals surface area contributed by atoms with E-state index in [4.69, 9.17) is 39.5 Å². The molecule has 4 nitrogen and oxygen atoms in total. The summed E-state index contributed by atoms with van der Waals surface area (Å²) in [4.78, 5) is 8.39. The van der Waals surface area contributed by atoms with E-state index < -0.39 is 0 Å². The summed E-state index contributed by atoms with van der Waals surface area (Å²) in [6, 6.07) is 6.76. The van der Waals surface area contributed by atoms with Gasteiger partial charge in [0.25, 0.3) is 0 Å². The second kappa shape index (κ2) is 7.09. The van der Waals surface area contributed by atoms with Crippen molar-refractivity contribution in [2.24, 2.45) is 0 Å². The molecular formula is C13H12Cl3N3O. The van der Waals surface area contributed by atoms with E-state index in [-0.39, 0.29) is 0 Å². The maximum atomic E-state index is 6.09. The smallest absolute Gasteiger partial charge is 0.158 e. The molecule has 0 aliphatic heterocycles. The topological polar surface area (TPSA) is 47.0 Å². The molecule has 1 heterocycles. The van der Waals surface area contributed by atoms with Crippen LogP contribution in [0.15, 0.2) is 24.3 Å². The Morgan fingerprint density at radius 2 is 1.95 bits per heavy atom. The van der Waals surface area contributed by atoms with E-state index in [1.165, 1.54) is 0 Å². The number of ether oxygens (including phenoxy) is 1. The molecule has 0 spiro atoms. The summed E-state index contributed by atoms with van der Waals surface area (Å²) < 4.78 is 5.26. The molecule has 1 N–H and O–H groups in total.